The number of hydrogen-bond donors (Lipinski definition) is 3. The van der Waals surface area contributed by atoms with E-state index in [0.717, 1.165) is 4.67 Å². The summed E-state index contributed by atoms with van der Waals surface area (Å²) in [6.07, 6.45) is 0. The maximum atomic E-state index is 10.4. The van der Waals surface area contributed by atoms with Crippen molar-refractivity contribution < 1.29 is 25.3 Å². The maximum absolute atomic E-state index is 10.4. The highest BCUT2D eigenvalue weighted by Crippen LogP contribution is 2.39. The van der Waals surface area contributed by atoms with Gasteiger partial charge >= 0.3 is 7.75 Å². The molecule has 1 aliphatic rings. The molecule has 0 aromatic rings. The Hall–Kier alpha value is -0.0100. The average Bonchev–Trinajstić information content (AvgIpc) is 2.08. The number of hydrogen-bond acceptors (Lipinski definition) is 2. The first-order chi connectivity index (χ1) is 4.11. The van der Waals surface area contributed by atoms with Crippen LogP contribution in [0.15, 0.2) is 0 Å². The molecule has 0 spiro atoms. The third-order valence-electron chi connectivity index (χ3n) is 1.21. The minimum Gasteiger partial charge on any atom is -0.412 e. The molecule has 0 amide bonds. The molecule has 0 unspecified atom stereocenters. The molecule has 0 aromatic carbocycles. The summed E-state index contributed by atoms with van der Waals surface area (Å²) in [7, 11) is -3.94. The van der Waals surface area contributed by atoms with E-state index in [0.29, 0.717) is 19.8 Å². The van der Waals surface area contributed by atoms with Crippen LogP contribution in [0.5, 0.6) is 0 Å². The van der Waals surface area contributed by atoms with Crippen LogP contribution < -0.4 is 5.32 Å². The topological polar surface area (TPSA) is 136 Å². The van der Waals surface area contributed by atoms with Crippen molar-refractivity contribution in [3.63, 3.8) is 0 Å². The minimum absolute atomic E-state index is 0. The van der Waals surface area contributed by atoms with Crippen LogP contribution in [0.2, 0.25) is 0 Å². The predicted octanol–water partition coefficient (Wildman–Crippen LogP) is -2.71. The van der Waals surface area contributed by atoms with Crippen LogP contribution in [0.4, 0.5) is 0 Å². The molecule has 0 bridgehead atoms. The summed E-state index contributed by atoms with van der Waals surface area (Å²) in [4.78, 5) is 17.0. The highest BCUT2D eigenvalue weighted by atomic mass is 31.2. The Morgan fingerprint density at radius 1 is 1.36 bits per heavy atom. The van der Waals surface area contributed by atoms with Gasteiger partial charge in [-0.1, -0.05) is 0 Å². The summed E-state index contributed by atoms with van der Waals surface area (Å²) in [5, 5.41) is 2.81. The van der Waals surface area contributed by atoms with E-state index in [1.54, 1.807) is 0 Å². The molecule has 70 valence electrons. The Bertz CT molecular complexity index is 141. The van der Waals surface area contributed by atoms with Crippen LogP contribution in [0.25, 0.3) is 0 Å². The molecule has 7 nitrogen and oxygen atoms in total. The van der Waals surface area contributed by atoms with Crippen LogP contribution in [0, 0.1) is 0 Å². The fourth-order valence-corrected chi connectivity index (χ4v) is 1.36. The Balaban J connectivity index is 0. The molecule has 0 radical (unpaired) electrons. The molecular weight excluding hydrogens is 175 g/mol. The summed E-state index contributed by atoms with van der Waals surface area (Å²) in [5.74, 6) is 0. The molecule has 1 saturated heterocycles. The third-order valence-corrected chi connectivity index (χ3v) is 2.29. The minimum atomic E-state index is -3.94. The van der Waals surface area contributed by atoms with Gasteiger partial charge in [0, 0.05) is 13.1 Å². The quantitative estimate of drug-likeness (QED) is 0.384. The van der Waals surface area contributed by atoms with Gasteiger partial charge in [-0.3, -0.25) is 0 Å². The Morgan fingerprint density at radius 3 is 2.09 bits per heavy atom. The first kappa shape index (κ1) is 13.6. The first-order valence-corrected chi connectivity index (χ1v) is 4.19. The zero-order chi connectivity index (χ0) is 6.91. The standard InChI is InChI=1S/C3H9N2O3P.2H2O/c6-9(7,8)5-2-1-4-3-5;;/h4H,1-3H2,(H2,6,7,8);2*1H2. The molecule has 0 atom stereocenters. The van der Waals surface area contributed by atoms with Crippen molar-refractivity contribution in [2.45, 2.75) is 0 Å². The Morgan fingerprint density at radius 2 is 1.91 bits per heavy atom. The molecule has 8 heteroatoms. The number of rotatable bonds is 1. The second kappa shape index (κ2) is 4.78. The normalized spacial score (nSPS) is 18.7. The van der Waals surface area contributed by atoms with Gasteiger partial charge in [0.15, 0.2) is 0 Å². The van der Waals surface area contributed by atoms with Crippen molar-refractivity contribution in [1.82, 2.24) is 9.99 Å². The SMILES string of the molecule is O.O.O=P(O)(O)N1CCNC1. The molecule has 0 aromatic heterocycles. The van der Waals surface area contributed by atoms with Crippen molar-refractivity contribution in [2.24, 2.45) is 0 Å². The molecule has 11 heavy (non-hydrogen) atoms. The summed E-state index contributed by atoms with van der Waals surface area (Å²) < 4.78 is 11.5. The molecule has 1 rings (SSSR count). The van der Waals surface area contributed by atoms with E-state index in [1.165, 1.54) is 0 Å². The molecular formula is C3H13N2O5P. The highest BCUT2D eigenvalue weighted by molar-refractivity contribution is 7.49. The van der Waals surface area contributed by atoms with Crippen molar-refractivity contribution in [3.8, 4) is 0 Å². The van der Waals surface area contributed by atoms with E-state index in [1.807, 2.05) is 0 Å². The second-order valence-corrected chi connectivity index (χ2v) is 3.49. The average molecular weight is 188 g/mol. The fourth-order valence-electron chi connectivity index (χ4n) is 0.718. The summed E-state index contributed by atoms with van der Waals surface area (Å²) >= 11 is 0. The molecule has 1 aliphatic heterocycles. The summed E-state index contributed by atoms with van der Waals surface area (Å²) in [6.45, 7) is 1.39. The Kier molecular flexibility index (Phi) is 5.90. The lowest BCUT2D eigenvalue weighted by atomic mass is 10.7. The smallest absolute Gasteiger partial charge is 0.404 e. The van der Waals surface area contributed by atoms with Gasteiger partial charge in [-0.15, -0.1) is 0 Å². The summed E-state index contributed by atoms with van der Waals surface area (Å²) in [5.41, 5.74) is 0. The van der Waals surface area contributed by atoms with Crippen LogP contribution >= 0.6 is 7.75 Å². The van der Waals surface area contributed by atoms with Gasteiger partial charge < -0.3 is 26.1 Å². The van der Waals surface area contributed by atoms with E-state index < -0.39 is 7.75 Å². The molecule has 0 saturated carbocycles. The second-order valence-electron chi connectivity index (χ2n) is 1.90. The van der Waals surface area contributed by atoms with Gasteiger partial charge in [0.1, 0.15) is 0 Å². The van der Waals surface area contributed by atoms with Crippen LogP contribution in [0.1, 0.15) is 0 Å². The van der Waals surface area contributed by atoms with Crippen LogP contribution in [-0.4, -0.2) is 45.2 Å². The van der Waals surface area contributed by atoms with Gasteiger partial charge in [0.05, 0.1) is 6.67 Å². The number of nitrogens with zero attached hydrogens (tertiary/aromatic N) is 1. The lowest BCUT2D eigenvalue weighted by molar-refractivity contribution is 0.291. The van der Waals surface area contributed by atoms with Gasteiger partial charge in [-0.05, 0) is 0 Å². The zero-order valence-corrected chi connectivity index (χ0v) is 6.71. The highest BCUT2D eigenvalue weighted by Gasteiger charge is 2.27. The van der Waals surface area contributed by atoms with Gasteiger partial charge in [-0.25, -0.2) is 4.57 Å². The van der Waals surface area contributed by atoms with E-state index in [4.69, 9.17) is 9.79 Å². The molecule has 1 fully saturated rings. The van der Waals surface area contributed by atoms with E-state index in [2.05, 4.69) is 5.32 Å². The monoisotopic (exact) mass is 188 g/mol. The third kappa shape index (κ3) is 3.78. The zero-order valence-electron chi connectivity index (χ0n) is 5.82. The summed E-state index contributed by atoms with van der Waals surface area (Å²) in [6, 6.07) is 0. The van der Waals surface area contributed by atoms with Crippen molar-refractivity contribution in [1.29, 1.82) is 0 Å². The lowest BCUT2D eigenvalue weighted by Gasteiger charge is -2.13. The van der Waals surface area contributed by atoms with E-state index >= 15 is 0 Å². The largest absolute Gasteiger partial charge is 0.412 e. The van der Waals surface area contributed by atoms with Crippen molar-refractivity contribution in [2.75, 3.05) is 19.8 Å². The molecule has 7 N–H and O–H groups in total. The maximum Gasteiger partial charge on any atom is 0.404 e. The molecule has 1 heterocycles. The number of nitrogens with one attached hydrogen (secondary N) is 1. The molecule has 0 aliphatic carbocycles. The van der Waals surface area contributed by atoms with Gasteiger partial charge in [-0.2, -0.15) is 4.67 Å². The van der Waals surface area contributed by atoms with E-state index in [9.17, 15) is 4.57 Å². The lowest BCUT2D eigenvalue weighted by Crippen LogP contribution is -2.18. The van der Waals surface area contributed by atoms with Crippen LogP contribution in [0.3, 0.4) is 0 Å². The van der Waals surface area contributed by atoms with Gasteiger partial charge in [0.2, 0.25) is 0 Å². The fraction of sp³-hybridized carbons (Fsp3) is 1.00. The van der Waals surface area contributed by atoms with Crippen molar-refractivity contribution in [3.05, 3.63) is 0 Å². The predicted molar refractivity (Wildman–Crippen MR) is 38.8 cm³/mol. The first-order valence-electron chi connectivity index (χ1n) is 2.62. The van der Waals surface area contributed by atoms with Gasteiger partial charge in [0.25, 0.3) is 0 Å². The van der Waals surface area contributed by atoms with E-state index in [-0.39, 0.29) is 11.0 Å². The van der Waals surface area contributed by atoms with Crippen LogP contribution in [-0.2, 0) is 4.57 Å². The Labute approximate surface area is 63.8 Å². The van der Waals surface area contributed by atoms with Crippen molar-refractivity contribution >= 4 is 7.75 Å².